The third-order valence-electron chi connectivity index (χ3n) is 4.56. The van der Waals surface area contributed by atoms with Gasteiger partial charge >= 0.3 is 0 Å². The highest BCUT2D eigenvalue weighted by Crippen LogP contribution is 2.39. The third-order valence-corrected chi connectivity index (χ3v) is 4.56. The Morgan fingerprint density at radius 1 is 1.29 bits per heavy atom. The summed E-state index contributed by atoms with van der Waals surface area (Å²) >= 11 is 0. The molecule has 1 heterocycles. The second kappa shape index (κ2) is 4.59. The number of nitrogens with zero attached hydrogens (tertiary/aromatic N) is 1. The van der Waals surface area contributed by atoms with E-state index in [1.165, 1.54) is 43.6 Å². The van der Waals surface area contributed by atoms with E-state index in [4.69, 9.17) is 5.73 Å². The summed E-state index contributed by atoms with van der Waals surface area (Å²) in [5, 5.41) is 0. The molecule has 0 saturated carbocycles. The van der Waals surface area contributed by atoms with Gasteiger partial charge in [0.25, 0.3) is 0 Å². The first-order valence-corrected chi connectivity index (χ1v) is 6.71. The van der Waals surface area contributed by atoms with Crippen molar-refractivity contribution in [3.8, 4) is 0 Å². The molecule has 94 valence electrons. The first kappa shape index (κ1) is 12.3. The van der Waals surface area contributed by atoms with Crippen LogP contribution in [0.15, 0.2) is 18.2 Å². The molecule has 1 aliphatic rings. The molecule has 2 rings (SSSR count). The van der Waals surface area contributed by atoms with E-state index in [-0.39, 0.29) is 0 Å². The van der Waals surface area contributed by atoms with Crippen molar-refractivity contribution in [2.45, 2.75) is 40.0 Å². The summed E-state index contributed by atoms with van der Waals surface area (Å²) in [5.74, 6) is 0. The third kappa shape index (κ3) is 2.26. The van der Waals surface area contributed by atoms with Gasteiger partial charge in [-0.25, -0.2) is 0 Å². The van der Waals surface area contributed by atoms with Gasteiger partial charge in [-0.2, -0.15) is 0 Å². The summed E-state index contributed by atoms with van der Waals surface area (Å²) in [7, 11) is 0. The van der Waals surface area contributed by atoms with Gasteiger partial charge in [0.05, 0.1) is 0 Å². The van der Waals surface area contributed by atoms with Crippen molar-refractivity contribution < 1.29 is 0 Å². The van der Waals surface area contributed by atoms with E-state index >= 15 is 0 Å². The standard InChI is InChI=1S/C15H24N2/c1-4-15(5-2)8-9-17(11-15)13-6-7-14(16)12(3)10-13/h6-7,10H,4-5,8-9,11,16H2,1-3H3. The lowest BCUT2D eigenvalue weighted by atomic mass is 9.82. The Morgan fingerprint density at radius 3 is 2.53 bits per heavy atom. The van der Waals surface area contributed by atoms with Crippen molar-refractivity contribution in [3.63, 3.8) is 0 Å². The maximum absolute atomic E-state index is 5.87. The number of rotatable bonds is 3. The minimum Gasteiger partial charge on any atom is -0.399 e. The normalized spacial score (nSPS) is 18.6. The van der Waals surface area contributed by atoms with E-state index in [0.717, 1.165) is 5.69 Å². The highest BCUT2D eigenvalue weighted by atomic mass is 15.2. The fraction of sp³-hybridized carbons (Fsp3) is 0.600. The Hall–Kier alpha value is -1.18. The van der Waals surface area contributed by atoms with E-state index in [9.17, 15) is 0 Å². The Bertz CT molecular complexity index is 394. The lowest BCUT2D eigenvalue weighted by Crippen LogP contribution is -2.26. The summed E-state index contributed by atoms with van der Waals surface area (Å²) < 4.78 is 0. The second-order valence-electron chi connectivity index (χ2n) is 5.42. The van der Waals surface area contributed by atoms with Gasteiger partial charge in [0.15, 0.2) is 0 Å². The highest BCUT2D eigenvalue weighted by Gasteiger charge is 2.34. The second-order valence-corrected chi connectivity index (χ2v) is 5.42. The first-order valence-electron chi connectivity index (χ1n) is 6.71. The Labute approximate surface area is 105 Å². The molecule has 0 aromatic heterocycles. The molecule has 0 aliphatic carbocycles. The summed E-state index contributed by atoms with van der Waals surface area (Å²) in [5.41, 5.74) is 9.83. The average molecular weight is 232 g/mol. The zero-order valence-electron chi connectivity index (χ0n) is 11.3. The van der Waals surface area contributed by atoms with Crippen molar-refractivity contribution in [2.24, 2.45) is 5.41 Å². The lowest BCUT2D eigenvalue weighted by Gasteiger charge is -2.27. The molecule has 2 N–H and O–H groups in total. The van der Waals surface area contributed by atoms with Crippen molar-refractivity contribution in [1.29, 1.82) is 0 Å². The van der Waals surface area contributed by atoms with Crippen LogP contribution in [0, 0.1) is 12.3 Å². The number of hydrogen-bond donors (Lipinski definition) is 1. The van der Waals surface area contributed by atoms with Crippen LogP contribution in [0.1, 0.15) is 38.7 Å². The van der Waals surface area contributed by atoms with Crippen molar-refractivity contribution in [2.75, 3.05) is 23.7 Å². The van der Waals surface area contributed by atoms with Crippen LogP contribution < -0.4 is 10.6 Å². The molecule has 1 aromatic carbocycles. The SMILES string of the molecule is CCC1(CC)CCN(c2ccc(N)c(C)c2)C1. The summed E-state index contributed by atoms with van der Waals surface area (Å²) in [4.78, 5) is 2.51. The average Bonchev–Trinajstić information content (AvgIpc) is 2.78. The van der Waals surface area contributed by atoms with Crippen LogP contribution in [0.25, 0.3) is 0 Å². The monoisotopic (exact) mass is 232 g/mol. The van der Waals surface area contributed by atoms with Gasteiger partial charge in [0, 0.05) is 24.5 Å². The van der Waals surface area contributed by atoms with E-state index in [2.05, 4.69) is 37.8 Å². The van der Waals surface area contributed by atoms with Crippen LogP contribution >= 0.6 is 0 Å². The molecule has 2 nitrogen and oxygen atoms in total. The minimum absolute atomic E-state index is 0.537. The van der Waals surface area contributed by atoms with Gasteiger partial charge in [-0.1, -0.05) is 13.8 Å². The molecular weight excluding hydrogens is 208 g/mol. The van der Waals surface area contributed by atoms with Gasteiger partial charge in [-0.3, -0.25) is 0 Å². The van der Waals surface area contributed by atoms with E-state index in [1.54, 1.807) is 0 Å². The quantitative estimate of drug-likeness (QED) is 0.807. The summed E-state index contributed by atoms with van der Waals surface area (Å²) in [6.07, 6.45) is 3.89. The predicted molar refractivity (Wildman–Crippen MR) is 75.4 cm³/mol. The van der Waals surface area contributed by atoms with Gasteiger partial charge in [0.1, 0.15) is 0 Å². The van der Waals surface area contributed by atoms with Crippen molar-refractivity contribution in [3.05, 3.63) is 23.8 Å². The minimum atomic E-state index is 0.537. The molecule has 0 bridgehead atoms. The molecule has 1 aliphatic heterocycles. The van der Waals surface area contributed by atoms with Gasteiger partial charge < -0.3 is 10.6 Å². The topological polar surface area (TPSA) is 29.3 Å². The maximum atomic E-state index is 5.87. The van der Waals surface area contributed by atoms with Crippen LogP contribution in [-0.2, 0) is 0 Å². The van der Waals surface area contributed by atoms with Crippen molar-refractivity contribution >= 4 is 11.4 Å². The molecule has 0 unspecified atom stereocenters. The smallest absolute Gasteiger partial charge is 0.0370 e. The van der Waals surface area contributed by atoms with Crippen molar-refractivity contribution in [1.82, 2.24) is 0 Å². The summed E-state index contributed by atoms with van der Waals surface area (Å²) in [6, 6.07) is 6.41. The molecule has 2 heteroatoms. The molecule has 1 aromatic rings. The van der Waals surface area contributed by atoms with Crippen LogP contribution in [0.3, 0.4) is 0 Å². The largest absolute Gasteiger partial charge is 0.399 e. The fourth-order valence-corrected chi connectivity index (χ4v) is 2.84. The van der Waals surface area contributed by atoms with Crippen LogP contribution in [0.2, 0.25) is 0 Å². The number of nitrogen functional groups attached to an aromatic ring is 1. The Kier molecular flexibility index (Phi) is 3.32. The molecule has 0 spiro atoms. The number of aryl methyl sites for hydroxylation is 1. The van der Waals surface area contributed by atoms with Gasteiger partial charge in [-0.15, -0.1) is 0 Å². The van der Waals surface area contributed by atoms with Crippen LogP contribution in [0.4, 0.5) is 11.4 Å². The maximum Gasteiger partial charge on any atom is 0.0370 e. The van der Waals surface area contributed by atoms with E-state index in [0.29, 0.717) is 5.41 Å². The molecule has 0 atom stereocenters. The molecule has 1 fully saturated rings. The highest BCUT2D eigenvalue weighted by molar-refractivity contribution is 5.58. The Balaban J connectivity index is 2.17. The number of benzene rings is 1. The molecule has 1 saturated heterocycles. The Morgan fingerprint density at radius 2 is 2.00 bits per heavy atom. The molecule has 17 heavy (non-hydrogen) atoms. The zero-order valence-corrected chi connectivity index (χ0v) is 11.3. The molecule has 0 amide bonds. The van der Waals surface area contributed by atoms with Crippen LogP contribution in [0.5, 0.6) is 0 Å². The van der Waals surface area contributed by atoms with Crippen LogP contribution in [-0.4, -0.2) is 13.1 Å². The predicted octanol–water partition coefficient (Wildman–Crippen LogP) is 3.59. The molecule has 0 radical (unpaired) electrons. The van der Waals surface area contributed by atoms with E-state index in [1.807, 2.05) is 6.07 Å². The van der Waals surface area contributed by atoms with Gasteiger partial charge in [-0.05, 0) is 55.4 Å². The molecular formula is C15H24N2. The fourth-order valence-electron chi connectivity index (χ4n) is 2.84. The van der Waals surface area contributed by atoms with Gasteiger partial charge in [0.2, 0.25) is 0 Å². The summed E-state index contributed by atoms with van der Waals surface area (Å²) in [6.45, 7) is 9.11. The lowest BCUT2D eigenvalue weighted by molar-refractivity contribution is 0.301. The van der Waals surface area contributed by atoms with E-state index < -0.39 is 0 Å². The number of anilines is 2. The first-order chi connectivity index (χ1) is 8.10. The number of nitrogens with two attached hydrogens (primary N) is 1. The zero-order chi connectivity index (χ0) is 12.5. The number of hydrogen-bond acceptors (Lipinski definition) is 2.